The van der Waals surface area contributed by atoms with Crippen molar-refractivity contribution in [3.05, 3.63) is 51.5 Å². The van der Waals surface area contributed by atoms with Crippen molar-refractivity contribution in [3.63, 3.8) is 0 Å². The lowest BCUT2D eigenvalue weighted by Crippen LogP contribution is -2.06. The van der Waals surface area contributed by atoms with E-state index in [1.54, 1.807) is 6.92 Å². The number of aryl methyl sites for hydroxylation is 1. The molecule has 6 heteroatoms. The summed E-state index contributed by atoms with van der Waals surface area (Å²) < 4.78 is 28.1. The summed E-state index contributed by atoms with van der Waals surface area (Å²) in [5, 5.41) is 9.51. The van der Waals surface area contributed by atoms with Gasteiger partial charge in [0.05, 0.1) is 11.3 Å². The fourth-order valence-electron chi connectivity index (χ4n) is 2.31. The molecule has 1 aliphatic rings. The number of rotatable bonds is 5. The van der Waals surface area contributed by atoms with Crippen molar-refractivity contribution in [3.8, 4) is 6.07 Å². The van der Waals surface area contributed by atoms with Crippen LogP contribution in [0.1, 0.15) is 37.3 Å². The first-order valence-corrected chi connectivity index (χ1v) is 9.83. The lowest BCUT2D eigenvalue weighted by atomic mass is 10.0. The monoisotopic (exact) mass is 349 g/mol. The number of thioether (sulfide) groups is 1. The third kappa shape index (κ3) is 4.63. The summed E-state index contributed by atoms with van der Waals surface area (Å²) in [6.07, 6.45) is 3.26. The molecule has 122 valence electrons. The van der Waals surface area contributed by atoms with Crippen LogP contribution in [0.15, 0.2) is 40.3 Å². The zero-order valence-corrected chi connectivity index (χ0v) is 14.8. The molecule has 1 aromatic carbocycles. The highest BCUT2D eigenvalue weighted by Gasteiger charge is 2.21. The molecule has 0 aromatic heterocycles. The predicted octanol–water partition coefficient (Wildman–Crippen LogP) is 4.35. The number of benzene rings is 1. The van der Waals surface area contributed by atoms with Crippen molar-refractivity contribution in [2.45, 2.75) is 33.1 Å². The Morgan fingerprint density at radius 2 is 2.13 bits per heavy atom. The summed E-state index contributed by atoms with van der Waals surface area (Å²) >= 11 is 1.43. The van der Waals surface area contributed by atoms with Crippen LogP contribution >= 0.6 is 11.8 Å². The summed E-state index contributed by atoms with van der Waals surface area (Å²) in [4.78, 5) is 1.80. The Bertz CT molecular complexity index is 786. The smallest absolute Gasteiger partial charge is 0.308 e. The molecule has 0 radical (unpaired) electrons. The van der Waals surface area contributed by atoms with Gasteiger partial charge in [0, 0.05) is 9.81 Å². The SMILES string of the molecule is CCCS(=O)(=O)O/C=C1\CC/C(=C(/C#N)c2ccccc2C)S1. The Labute approximate surface area is 142 Å². The van der Waals surface area contributed by atoms with Gasteiger partial charge < -0.3 is 4.18 Å². The van der Waals surface area contributed by atoms with Crippen LogP contribution in [0.2, 0.25) is 0 Å². The molecule has 2 rings (SSSR count). The number of nitriles is 1. The third-order valence-electron chi connectivity index (χ3n) is 3.44. The fraction of sp³-hybridized carbons (Fsp3) is 0.353. The van der Waals surface area contributed by atoms with Gasteiger partial charge in [-0.3, -0.25) is 0 Å². The summed E-state index contributed by atoms with van der Waals surface area (Å²) in [7, 11) is -3.49. The molecule has 0 atom stereocenters. The molecule has 1 saturated heterocycles. The number of hydrogen-bond acceptors (Lipinski definition) is 5. The van der Waals surface area contributed by atoms with Gasteiger partial charge >= 0.3 is 10.1 Å². The molecular formula is C17H19NO3S2. The van der Waals surface area contributed by atoms with Gasteiger partial charge in [0.25, 0.3) is 0 Å². The summed E-state index contributed by atoms with van der Waals surface area (Å²) in [6.45, 7) is 3.77. The molecule has 0 unspecified atom stereocenters. The van der Waals surface area contributed by atoms with Crippen LogP contribution in [0.4, 0.5) is 0 Å². The zero-order valence-electron chi connectivity index (χ0n) is 13.2. The minimum absolute atomic E-state index is 0.0107. The highest BCUT2D eigenvalue weighted by atomic mass is 32.2. The van der Waals surface area contributed by atoms with Gasteiger partial charge in [-0.25, -0.2) is 0 Å². The first-order chi connectivity index (χ1) is 11.0. The predicted molar refractivity (Wildman–Crippen MR) is 93.8 cm³/mol. The molecule has 0 spiro atoms. The standard InChI is InChI=1S/C17H19NO3S2/c1-3-10-23(19,20)21-12-14-8-9-17(22-14)16(11-18)15-7-5-4-6-13(15)2/h4-7,12H,3,8-10H2,1-2H3/b14-12+,17-16+. The van der Waals surface area contributed by atoms with Gasteiger partial charge in [0.1, 0.15) is 12.3 Å². The van der Waals surface area contributed by atoms with E-state index in [-0.39, 0.29) is 5.75 Å². The van der Waals surface area contributed by atoms with Crippen LogP contribution in [0.3, 0.4) is 0 Å². The second-order valence-electron chi connectivity index (χ2n) is 5.27. The van der Waals surface area contributed by atoms with Crippen molar-refractivity contribution in [2.75, 3.05) is 5.75 Å². The van der Waals surface area contributed by atoms with E-state index < -0.39 is 10.1 Å². The van der Waals surface area contributed by atoms with Gasteiger partial charge in [-0.15, -0.1) is 0 Å². The van der Waals surface area contributed by atoms with Crippen LogP contribution in [-0.4, -0.2) is 14.2 Å². The molecule has 0 aliphatic carbocycles. The van der Waals surface area contributed by atoms with Gasteiger partial charge in [0.15, 0.2) is 0 Å². The van der Waals surface area contributed by atoms with Gasteiger partial charge in [0.2, 0.25) is 0 Å². The molecule has 0 bridgehead atoms. The quantitative estimate of drug-likeness (QED) is 0.449. The minimum Gasteiger partial charge on any atom is -0.390 e. The molecule has 1 aliphatic heterocycles. The first-order valence-electron chi connectivity index (χ1n) is 7.44. The average molecular weight is 349 g/mol. The van der Waals surface area contributed by atoms with E-state index in [0.29, 0.717) is 18.4 Å². The molecule has 0 amide bonds. The molecule has 1 aromatic rings. The number of nitrogens with zero attached hydrogens (tertiary/aromatic N) is 1. The average Bonchev–Trinajstić information content (AvgIpc) is 2.97. The van der Waals surface area contributed by atoms with Crippen LogP contribution in [0, 0.1) is 18.3 Å². The Morgan fingerprint density at radius 1 is 1.39 bits per heavy atom. The van der Waals surface area contributed by atoms with Crippen LogP contribution < -0.4 is 0 Å². The van der Waals surface area contributed by atoms with Gasteiger partial charge in [-0.05, 0) is 37.3 Å². The van der Waals surface area contributed by atoms with E-state index in [1.807, 2.05) is 31.2 Å². The molecular weight excluding hydrogens is 330 g/mol. The Hall–Kier alpha value is -1.71. The van der Waals surface area contributed by atoms with Crippen molar-refractivity contribution in [1.29, 1.82) is 5.26 Å². The van der Waals surface area contributed by atoms with Gasteiger partial charge in [-0.1, -0.05) is 43.0 Å². The molecule has 1 heterocycles. The molecule has 4 nitrogen and oxygen atoms in total. The van der Waals surface area contributed by atoms with Crippen LogP contribution in [0.25, 0.3) is 5.57 Å². The second-order valence-corrected chi connectivity index (χ2v) is 8.21. The van der Waals surface area contributed by atoms with Crippen molar-refractivity contribution in [1.82, 2.24) is 0 Å². The first kappa shape index (κ1) is 17.6. The number of hydrogen-bond donors (Lipinski definition) is 0. The lowest BCUT2D eigenvalue weighted by molar-refractivity contribution is 0.440. The molecule has 23 heavy (non-hydrogen) atoms. The molecule has 0 saturated carbocycles. The topological polar surface area (TPSA) is 67.2 Å². The molecule has 0 N–H and O–H groups in total. The maximum Gasteiger partial charge on any atom is 0.308 e. The van der Waals surface area contributed by atoms with Crippen molar-refractivity contribution >= 4 is 27.5 Å². The van der Waals surface area contributed by atoms with Crippen LogP contribution in [0.5, 0.6) is 0 Å². The van der Waals surface area contributed by atoms with E-state index in [4.69, 9.17) is 4.18 Å². The zero-order chi connectivity index (χ0) is 16.9. The van der Waals surface area contributed by atoms with E-state index in [9.17, 15) is 13.7 Å². The minimum atomic E-state index is -3.49. The maximum atomic E-state index is 11.6. The normalized spacial score (nSPS) is 18.7. The Balaban J connectivity index is 2.21. The lowest BCUT2D eigenvalue weighted by Gasteiger charge is -2.06. The molecule has 1 fully saturated rings. The Morgan fingerprint density at radius 3 is 2.78 bits per heavy atom. The highest BCUT2D eigenvalue weighted by molar-refractivity contribution is 8.07. The fourth-order valence-corrected chi connectivity index (χ4v) is 4.31. The number of allylic oxidation sites excluding steroid dienone is 3. The van der Waals surface area contributed by atoms with Gasteiger partial charge in [-0.2, -0.15) is 13.7 Å². The van der Waals surface area contributed by atoms with E-state index in [2.05, 4.69) is 6.07 Å². The van der Waals surface area contributed by atoms with E-state index in [0.717, 1.165) is 27.4 Å². The van der Waals surface area contributed by atoms with Crippen LogP contribution in [-0.2, 0) is 14.3 Å². The highest BCUT2D eigenvalue weighted by Crippen LogP contribution is 2.44. The summed E-state index contributed by atoms with van der Waals surface area (Å²) in [5.41, 5.74) is 2.64. The summed E-state index contributed by atoms with van der Waals surface area (Å²) in [6, 6.07) is 10.1. The largest absolute Gasteiger partial charge is 0.390 e. The van der Waals surface area contributed by atoms with E-state index >= 15 is 0 Å². The maximum absolute atomic E-state index is 11.6. The van der Waals surface area contributed by atoms with E-state index in [1.165, 1.54) is 18.0 Å². The second kappa shape index (κ2) is 7.71. The van der Waals surface area contributed by atoms with Crippen molar-refractivity contribution in [2.24, 2.45) is 0 Å². The summed E-state index contributed by atoms with van der Waals surface area (Å²) in [5.74, 6) is 0.0107. The third-order valence-corrected chi connectivity index (χ3v) is 5.95. The van der Waals surface area contributed by atoms with Crippen molar-refractivity contribution < 1.29 is 12.6 Å². The Kier molecular flexibility index (Phi) is 5.91.